The first-order chi connectivity index (χ1) is 9.42. The van der Waals surface area contributed by atoms with Crippen LogP contribution in [0.2, 0.25) is 0 Å². The number of hydrogen-bond acceptors (Lipinski definition) is 3. The summed E-state index contributed by atoms with van der Waals surface area (Å²) in [5, 5.41) is 3.52. The van der Waals surface area contributed by atoms with Gasteiger partial charge in [0.05, 0.1) is 0 Å². The molecule has 1 aliphatic rings. The molecule has 0 aromatic rings. The summed E-state index contributed by atoms with van der Waals surface area (Å²) in [5.41, 5.74) is 0.346. The van der Waals surface area contributed by atoms with Crippen LogP contribution in [0.4, 0.5) is 0 Å². The van der Waals surface area contributed by atoms with Gasteiger partial charge in [0.25, 0.3) is 0 Å². The van der Waals surface area contributed by atoms with E-state index >= 15 is 0 Å². The van der Waals surface area contributed by atoms with Gasteiger partial charge in [0.2, 0.25) is 0 Å². The maximum absolute atomic E-state index is 3.52. The zero-order valence-electron chi connectivity index (χ0n) is 14.5. The molecule has 1 saturated heterocycles. The van der Waals surface area contributed by atoms with Gasteiger partial charge in [0, 0.05) is 25.2 Å². The van der Waals surface area contributed by atoms with Gasteiger partial charge in [-0.25, -0.2) is 0 Å². The first-order valence-corrected chi connectivity index (χ1v) is 8.56. The Morgan fingerprint density at radius 2 is 1.75 bits per heavy atom. The Morgan fingerprint density at radius 1 is 1.05 bits per heavy atom. The minimum Gasteiger partial charge on any atom is -0.316 e. The number of rotatable bonds is 9. The molecule has 1 rings (SSSR count). The van der Waals surface area contributed by atoms with E-state index in [9.17, 15) is 0 Å². The van der Waals surface area contributed by atoms with Crippen LogP contribution >= 0.6 is 0 Å². The van der Waals surface area contributed by atoms with Crippen LogP contribution in [0.15, 0.2) is 0 Å². The van der Waals surface area contributed by atoms with E-state index in [2.05, 4.69) is 49.9 Å². The fourth-order valence-corrected chi connectivity index (χ4v) is 2.86. The molecule has 1 fully saturated rings. The summed E-state index contributed by atoms with van der Waals surface area (Å²) >= 11 is 0. The van der Waals surface area contributed by atoms with Crippen LogP contribution in [0.5, 0.6) is 0 Å². The maximum atomic E-state index is 3.52. The molecule has 0 unspecified atom stereocenters. The van der Waals surface area contributed by atoms with Crippen LogP contribution in [-0.2, 0) is 0 Å². The number of unbranched alkanes of at least 4 members (excludes halogenated alkanes) is 3. The van der Waals surface area contributed by atoms with Gasteiger partial charge in [-0.3, -0.25) is 4.90 Å². The predicted molar refractivity (Wildman–Crippen MR) is 89.3 cm³/mol. The first-order valence-electron chi connectivity index (χ1n) is 8.56. The Kier molecular flexibility index (Phi) is 8.08. The van der Waals surface area contributed by atoms with Crippen molar-refractivity contribution in [3.8, 4) is 0 Å². The van der Waals surface area contributed by atoms with Gasteiger partial charge in [0.15, 0.2) is 0 Å². The molecule has 1 aliphatic heterocycles. The third-order valence-electron chi connectivity index (χ3n) is 4.53. The van der Waals surface area contributed by atoms with E-state index in [0.29, 0.717) is 5.54 Å². The summed E-state index contributed by atoms with van der Waals surface area (Å²) in [6.07, 6.45) is 5.46. The number of hydrogen-bond donors (Lipinski definition) is 1. The van der Waals surface area contributed by atoms with Crippen LogP contribution in [0.1, 0.15) is 53.4 Å². The SMILES string of the molecule is CC(C)CNCCCCCCN1CCN(C)C(C)(C)C1. The molecule has 0 aromatic carbocycles. The minimum absolute atomic E-state index is 0.346. The predicted octanol–water partition coefficient (Wildman–Crippen LogP) is 2.82. The zero-order valence-corrected chi connectivity index (χ0v) is 14.5. The van der Waals surface area contributed by atoms with Gasteiger partial charge < -0.3 is 10.2 Å². The third kappa shape index (κ3) is 7.05. The molecule has 0 aliphatic carbocycles. The molecule has 0 saturated carbocycles. The highest BCUT2D eigenvalue weighted by molar-refractivity contribution is 4.87. The smallest absolute Gasteiger partial charge is 0.0277 e. The summed E-state index contributed by atoms with van der Waals surface area (Å²) in [5.74, 6) is 0.774. The summed E-state index contributed by atoms with van der Waals surface area (Å²) in [7, 11) is 2.25. The lowest BCUT2D eigenvalue weighted by Crippen LogP contribution is -2.57. The van der Waals surface area contributed by atoms with Crippen LogP contribution in [0.3, 0.4) is 0 Å². The van der Waals surface area contributed by atoms with Gasteiger partial charge in [-0.1, -0.05) is 26.7 Å². The van der Waals surface area contributed by atoms with Gasteiger partial charge >= 0.3 is 0 Å². The quantitative estimate of drug-likeness (QED) is 0.657. The van der Waals surface area contributed by atoms with E-state index in [0.717, 1.165) is 12.5 Å². The van der Waals surface area contributed by atoms with Crippen LogP contribution in [0, 0.1) is 5.92 Å². The molecular formula is C17H37N3. The molecule has 0 radical (unpaired) electrons. The van der Waals surface area contributed by atoms with Crippen LogP contribution in [0.25, 0.3) is 0 Å². The van der Waals surface area contributed by atoms with Gasteiger partial charge in [-0.05, 0) is 59.3 Å². The van der Waals surface area contributed by atoms with Crippen molar-refractivity contribution in [2.45, 2.75) is 58.9 Å². The lowest BCUT2D eigenvalue weighted by molar-refractivity contribution is 0.0393. The van der Waals surface area contributed by atoms with Crippen molar-refractivity contribution in [1.29, 1.82) is 0 Å². The molecule has 0 bridgehead atoms. The molecular weight excluding hydrogens is 246 g/mol. The fourth-order valence-electron chi connectivity index (χ4n) is 2.86. The highest BCUT2D eigenvalue weighted by Crippen LogP contribution is 2.19. The Labute approximate surface area is 127 Å². The number of nitrogens with one attached hydrogen (secondary N) is 1. The van der Waals surface area contributed by atoms with E-state index < -0.39 is 0 Å². The van der Waals surface area contributed by atoms with Gasteiger partial charge in [0.1, 0.15) is 0 Å². The van der Waals surface area contributed by atoms with Crippen molar-refractivity contribution in [2.75, 3.05) is 46.3 Å². The van der Waals surface area contributed by atoms with Gasteiger partial charge in [-0.15, -0.1) is 0 Å². The van der Waals surface area contributed by atoms with Crippen molar-refractivity contribution in [3.63, 3.8) is 0 Å². The topological polar surface area (TPSA) is 18.5 Å². The van der Waals surface area contributed by atoms with E-state index in [1.54, 1.807) is 0 Å². The minimum atomic E-state index is 0.346. The fraction of sp³-hybridized carbons (Fsp3) is 1.00. The maximum Gasteiger partial charge on any atom is 0.0277 e. The molecule has 0 spiro atoms. The second kappa shape index (κ2) is 9.01. The molecule has 3 heteroatoms. The molecule has 0 atom stereocenters. The Bertz CT molecular complexity index is 251. The van der Waals surface area contributed by atoms with Crippen molar-refractivity contribution < 1.29 is 0 Å². The Hall–Kier alpha value is -0.120. The number of likely N-dealkylation sites (N-methyl/N-ethyl adjacent to an activating group) is 1. The van der Waals surface area contributed by atoms with Crippen molar-refractivity contribution in [1.82, 2.24) is 15.1 Å². The first kappa shape index (κ1) is 17.9. The second-order valence-corrected chi connectivity index (χ2v) is 7.52. The lowest BCUT2D eigenvalue weighted by Gasteiger charge is -2.45. The van der Waals surface area contributed by atoms with E-state index in [-0.39, 0.29) is 0 Å². The molecule has 1 heterocycles. The van der Waals surface area contributed by atoms with E-state index in [1.165, 1.54) is 58.4 Å². The van der Waals surface area contributed by atoms with Crippen LogP contribution in [-0.4, -0.2) is 61.7 Å². The average Bonchev–Trinajstić information content (AvgIpc) is 2.36. The van der Waals surface area contributed by atoms with Crippen molar-refractivity contribution >= 4 is 0 Å². The normalized spacial score (nSPS) is 20.7. The zero-order chi connectivity index (χ0) is 15.0. The molecule has 1 N–H and O–H groups in total. The second-order valence-electron chi connectivity index (χ2n) is 7.52. The molecule has 0 aromatic heterocycles. The Morgan fingerprint density at radius 3 is 2.40 bits per heavy atom. The summed E-state index contributed by atoms with van der Waals surface area (Å²) in [6.45, 7) is 16.6. The molecule has 0 amide bonds. The average molecular weight is 284 g/mol. The number of nitrogens with zero attached hydrogens (tertiary/aromatic N) is 2. The summed E-state index contributed by atoms with van der Waals surface area (Å²) < 4.78 is 0. The molecule has 120 valence electrons. The highest BCUT2D eigenvalue weighted by Gasteiger charge is 2.30. The van der Waals surface area contributed by atoms with E-state index in [1.807, 2.05) is 0 Å². The van der Waals surface area contributed by atoms with E-state index in [4.69, 9.17) is 0 Å². The monoisotopic (exact) mass is 283 g/mol. The standard InChI is InChI=1S/C17H37N3/c1-16(2)14-18-10-8-6-7-9-11-20-13-12-19(5)17(3,4)15-20/h16,18H,6-15H2,1-5H3. The largest absolute Gasteiger partial charge is 0.316 e. The third-order valence-corrected chi connectivity index (χ3v) is 4.53. The highest BCUT2D eigenvalue weighted by atomic mass is 15.3. The van der Waals surface area contributed by atoms with Crippen LogP contribution < -0.4 is 5.32 Å². The number of piperazine rings is 1. The summed E-state index contributed by atoms with van der Waals surface area (Å²) in [4.78, 5) is 5.14. The van der Waals surface area contributed by atoms with Gasteiger partial charge in [-0.2, -0.15) is 0 Å². The summed E-state index contributed by atoms with van der Waals surface area (Å²) in [6, 6.07) is 0. The molecule has 3 nitrogen and oxygen atoms in total. The van der Waals surface area contributed by atoms with Crippen molar-refractivity contribution in [3.05, 3.63) is 0 Å². The lowest BCUT2D eigenvalue weighted by atomic mass is 9.99. The van der Waals surface area contributed by atoms with Crippen molar-refractivity contribution in [2.24, 2.45) is 5.92 Å². The molecule has 20 heavy (non-hydrogen) atoms. The Balaban J connectivity index is 1.97.